The van der Waals surface area contributed by atoms with Gasteiger partial charge in [0.25, 0.3) is 0 Å². The van der Waals surface area contributed by atoms with Crippen LogP contribution in [0.25, 0.3) is 0 Å². The van der Waals surface area contributed by atoms with Crippen molar-refractivity contribution in [2.75, 3.05) is 0 Å². The summed E-state index contributed by atoms with van der Waals surface area (Å²) in [6.45, 7) is 1.36. The van der Waals surface area contributed by atoms with Crippen molar-refractivity contribution in [1.82, 2.24) is 0 Å². The van der Waals surface area contributed by atoms with Gasteiger partial charge in [-0.1, -0.05) is 0 Å². The lowest BCUT2D eigenvalue weighted by Crippen LogP contribution is -2.00. The molecule has 0 saturated carbocycles. The van der Waals surface area contributed by atoms with E-state index in [1.54, 1.807) is 0 Å². The Morgan fingerprint density at radius 2 is 2.15 bits per heavy atom. The summed E-state index contributed by atoms with van der Waals surface area (Å²) in [5, 5.41) is 0. The Morgan fingerprint density at radius 3 is 2.62 bits per heavy atom. The van der Waals surface area contributed by atoms with Gasteiger partial charge in [-0.25, -0.2) is 4.39 Å². The summed E-state index contributed by atoms with van der Waals surface area (Å²) >= 11 is 1.89. The first kappa shape index (κ1) is 10.3. The van der Waals surface area contributed by atoms with Gasteiger partial charge in [0.15, 0.2) is 12.1 Å². The van der Waals surface area contributed by atoms with Crippen LogP contribution in [-0.4, -0.2) is 12.1 Å². The van der Waals surface area contributed by atoms with Crippen LogP contribution >= 0.6 is 22.6 Å². The van der Waals surface area contributed by atoms with Gasteiger partial charge in [-0.05, 0) is 41.6 Å². The van der Waals surface area contributed by atoms with Gasteiger partial charge in [0, 0.05) is 9.13 Å². The summed E-state index contributed by atoms with van der Waals surface area (Å²) in [7, 11) is 0. The second-order valence-corrected chi connectivity index (χ2v) is 3.69. The second kappa shape index (κ2) is 3.95. The van der Waals surface area contributed by atoms with Gasteiger partial charge in [-0.15, -0.1) is 0 Å². The molecule has 68 valence electrons. The standard InChI is InChI=1S/C9H6FIO2/c1-5(13)7-3-8(10)6(4-12)2-9(7)11/h2-4H,1H3. The molecule has 0 radical (unpaired) electrons. The third-order valence-corrected chi connectivity index (χ3v) is 2.49. The van der Waals surface area contributed by atoms with Crippen LogP contribution in [-0.2, 0) is 0 Å². The Morgan fingerprint density at radius 1 is 1.54 bits per heavy atom. The molecule has 1 rings (SSSR count). The highest BCUT2D eigenvalue weighted by molar-refractivity contribution is 14.1. The lowest BCUT2D eigenvalue weighted by molar-refractivity contribution is 0.101. The maximum Gasteiger partial charge on any atom is 0.160 e. The number of rotatable bonds is 2. The first-order valence-electron chi connectivity index (χ1n) is 3.51. The molecule has 0 bridgehead atoms. The molecule has 0 aliphatic carbocycles. The lowest BCUT2D eigenvalue weighted by atomic mass is 10.1. The van der Waals surface area contributed by atoms with Crippen LogP contribution in [0.2, 0.25) is 0 Å². The van der Waals surface area contributed by atoms with Crippen molar-refractivity contribution in [3.05, 3.63) is 32.6 Å². The molecule has 1 aromatic carbocycles. The maximum absolute atomic E-state index is 13.0. The van der Waals surface area contributed by atoms with Crippen LogP contribution in [0.15, 0.2) is 12.1 Å². The Bertz CT molecular complexity index is 374. The largest absolute Gasteiger partial charge is 0.298 e. The van der Waals surface area contributed by atoms with E-state index < -0.39 is 5.82 Å². The average Bonchev–Trinajstić information content (AvgIpc) is 2.07. The van der Waals surface area contributed by atoms with Gasteiger partial charge in [0.2, 0.25) is 0 Å². The van der Waals surface area contributed by atoms with Gasteiger partial charge in [0.1, 0.15) is 5.82 Å². The Balaban J connectivity index is 3.36. The van der Waals surface area contributed by atoms with E-state index in [9.17, 15) is 14.0 Å². The molecule has 0 aliphatic rings. The molecule has 0 fully saturated rings. The van der Waals surface area contributed by atoms with Crippen molar-refractivity contribution < 1.29 is 14.0 Å². The van der Waals surface area contributed by atoms with E-state index in [0.717, 1.165) is 6.07 Å². The maximum atomic E-state index is 13.0. The fraction of sp³-hybridized carbons (Fsp3) is 0.111. The van der Waals surface area contributed by atoms with E-state index in [4.69, 9.17) is 0 Å². The van der Waals surface area contributed by atoms with Gasteiger partial charge in [-0.3, -0.25) is 9.59 Å². The lowest BCUT2D eigenvalue weighted by Gasteiger charge is -2.01. The minimum atomic E-state index is -0.652. The zero-order chi connectivity index (χ0) is 10.0. The highest BCUT2D eigenvalue weighted by Crippen LogP contribution is 2.17. The topological polar surface area (TPSA) is 34.1 Å². The van der Waals surface area contributed by atoms with E-state index in [1.807, 2.05) is 22.6 Å². The van der Waals surface area contributed by atoms with Gasteiger partial charge < -0.3 is 0 Å². The molecule has 0 amide bonds. The number of Topliss-reactive ketones (excluding diaryl/α,β-unsaturated/α-hetero) is 1. The summed E-state index contributed by atoms with van der Waals surface area (Å²) < 4.78 is 13.6. The molecule has 0 spiro atoms. The number of benzene rings is 1. The Kier molecular flexibility index (Phi) is 3.13. The number of halogens is 2. The Hall–Kier alpha value is -0.780. The minimum absolute atomic E-state index is 0.0191. The molecule has 0 heterocycles. The van der Waals surface area contributed by atoms with Crippen LogP contribution in [0.4, 0.5) is 4.39 Å². The van der Waals surface area contributed by atoms with Gasteiger partial charge in [0.05, 0.1) is 5.56 Å². The average molecular weight is 292 g/mol. The van der Waals surface area contributed by atoms with Crippen LogP contribution in [0.1, 0.15) is 27.6 Å². The minimum Gasteiger partial charge on any atom is -0.298 e. The third kappa shape index (κ3) is 2.12. The van der Waals surface area contributed by atoms with E-state index in [-0.39, 0.29) is 11.3 Å². The number of carbonyl (C=O) groups is 2. The first-order valence-corrected chi connectivity index (χ1v) is 4.59. The molecule has 0 aliphatic heterocycles. The van der Waals surface area contributed by atoms with Gasteiger partial charge >= 0.3 is 0 Å². The molecule has 13 heavy (non-hydrogen) atoms. The van der Waals surface area contributed by atoms with Crippen molar-refractivity contribution in [3.63, 3.8) is 0 Å². The molecular weight excluding hydrogens is 286 g/mol. The highest BCUT2D eigenvalue weighted by atomic mass is 127. The van der Waals surface area contributed by atoms with Crippen molar-refractivity contribution in [3.8, 4) is 0 Å². The molecule has 1 aromatic rings. The zero-order valence-corrected chi connectivity index (χ0v) is 8.96. The summed E-state index contributed by atoms with van der Waals surface area (Å²) in [6.07, 6.45) is 0.432. The summed E-state index contributed by atoms with van der Waals surface area (Å²) in [6, 6.07) is 2.45. The van der Waals surface area contributed by atoms with Crippen LogP contribution < -0.4 is 0 Å². The molecular formula is C9H6FIO2. The fourth-order valence-corrected chi connectivity index (χ4v) is 1.79. The molecule has 2 nitrogen and oxygen atoms in total. The number of carbonyl (C=O) groups excluding carboxylic acids is 2. The summed E-state index contributed by atoms with van der Waals surface area (Å²) in [4.78, 5) is 21.3. The first-order chi connectivity index (χ1) is 6.06. The molecule has 0 aromatic heterocycles. The summed E-state index contributed by atoms with van der Waals surface area (Å²) in [5.41, 5.74) is 0.290. The SMILES string of the molecule is CC(=O)c1cc(F)c(C=O)cc1I. The number of ketones is 1. The highest BCUT2D eigenvalue weighted by Gasteiger charge is 2.10. The molecule has 0 unspecified atom stereocenters. The molecule has 0 saturated heterocycles. The van der Waals surface area contributed by atoms with Gasteiger partial charge in [-0.2, -0.15) is 0 Å². The quantitative estimate of drug-likeness (QED) is 0.476. The third-order valence-electron chi connectivity index (χ3n) is 1.59. The predicted octanol–water partition coefficient (Wildman–Crippen LogP) is 2.45. The smallest absolute Gasteiger partial charge is 0.160 e. The van der Waals surface area contributed by atoms with E-state index in [2.05, 4.69) is 0 Å². The zero-order valence-electron chi connectivity index (χ0n) is 6.80. The predicted molar refractivity (Wildman–Crippen MR) is 54.5 cm³/mol. The number of hydrogen-bond donors (Lipinski definition) is 0. The fourth-order valence-electron chi connectivity index (χ4n) is 0.922. The van der Waals surface area contributed by atoms with Crippen molar-refractivity contribution in [2.45, 2.75) is 6.92 Å². The number of aldehydes is 1. The van der Waals surface area contributed by atoms with E-state index in [1.165, 1.54) is 13.0 Å². The van der Waals surface area contributed by atoms with Crippen LogP contribution in [0, 0.1) is 9.39 Å². The molecule has 0 atom stereocenters. The number of hydrogen-bond acceptors (Lipinski definition) is 2. The monoisotopic (exact) mass is 292 g/mol. The Labute approximate surface area is 88.3 Å². The molecule has 0 N–H and O–H groups in total. The van der Waals surface area contributed by atoms with Crippen LogP contribution in [0.5, 0.6) is 0 Å². The van der Waals surface area contributed by atoms with Crippen molar-refractivity contribution in [2.24, 2.45) is 0 Å². The van der Waals surface area contributed by atoms with Crippen molar-refractivity contribution in [1.29, 1.82) is 0 Å². The van der Waals surface area contributed by atoms with E-state index >= 15 is 0 Å². The summed E-state index contributed by atoms with van der Waals surface area (Å²) in [5.74, 6) is -0.860. The van der Waals surface area contributed by atoms with E-state index in [0.29, 0.717) is 15.4 Å². The van der Waals surface area contributed by atoms with Crippen LogP contribution in [0.3, 0.4) is 0 Å². The van der Waals surface area contributed by atoms with Crippen molar-refractivity contribution >= 4 is 34.7 Å². The molecule has 4 heteroatoms. The second-order valence-electron chi connectivity index (χ2n) is 2.53. The normalized spacial score (nSPS) is 9.77.